The monoisotopic (exact) mass is 393 g/mol. The summed E-state index contributed by atoms with van der Waals surface area (Å²) in [6, 6.07) is 15.9. The highest BCUT2D eigenvalue weighted by molar-refractivity contribution is 5.88. The molecule has 0 saturated carbocycles. The van der Waals surface area contributed by atoms with Gasteiger partial charge in [0.05, 0.1) is 23.6 Å². The van der Waals surface area contributed by atoms with Crippen molar-refractivity contribution in [2.75, 3.05) is 26.9 Å². The molecule has 1 aliphatic heterocycles. The number of nitrogens with zero attached hydrogens (tertiary/aromatic N) is 2. The molecule has 3 aromatic rings. The van der Waals surface area contributed by atoms with Gasteiger partial charge in [-0.15, -0.1) is 0 Å². The number of fused-ring (bicyclic) bond motifs is 1. The predicted molar refractivity (Wildman–Crippen MR) is 112 cm³/mol. The van der Waals surface area contributed by atoms with Crippen LogP contribution in [0.25, 0.3) is 11.0 Å². The average Bonchev–Trinajstić information content (AvgIpc) is 3.09. The number of aromatic nitrogens is 2. The number of nitrogens with one attached hydrogen (secondary N) is 1. The van der Waals surface area contributed by atoms with Crippen LogP contribution in [0.2, 0.25) is 0 Å². The van der Waals surface area contributed by atoms with Crippen molar-refractivity contribution in [3.63, 3.8) is 0 Å². The van der Waals surface area contributed by atoms with Gasteiger partial charge in [-0.05, 0) is 49.6 Å². The van der Waals surface area contributed by atoms with Gasteiger partial charge in [0, 0.05) is 26.3 Å². The summed E-state index contributed by atoms with van der Waals surface area (Å²) in [4.78, 5) is 17.9. The normalized spacial score (nSPS) is 15.9. The van der Waals surface area contributed by atoms with E-state index in [9.17, 15) is 4.79 Å². The third-order valence-electron chi connectivity index (χ3n) is 5.89. The van der Waals surface area contributed by atoms with Crippen molar-refractivity contribution in [1.82, 2.24) is 14.9 Å². The van der Waals surface area contributed by atoms with Gasteiger partial charge in [0.1, 0.15) is 11.6 Å². The molecule has 2 heterocycles. The lowest BCUT2D eigenvalue weighted by Gasteiger charge is -2.36. The maximum atomic E-state index is 13.3. The van der Waals surface area contributed by atoms with Crippen molar-refractivity contribution >= 4 is 16.9 Å². The largest absolute Gasteiger partial charge is 0.497 e. The van der Waals surface area contributed by atoms with Gasteiger partial charge in [0.15, 0.2) is 0 Å². The third-order valence-corrected chi connectivity index (χ3v) is 5.89. The number of carbonyl (C=O) groups excluding carboxylic acids is 1. The molecule has 0 radical (unpaired) electrons. The van der Waals surface area contributed by atoms with Crippen LogP contribution in [0.1, 0.15) is 24.2 Å². The second-order valence-corrected chi connectivity index (χ2v) is 7.48. The van der Waals surface area contributed by atoms with Gasteiger partial charge in [-0.3, -0.25) is 4.79 Å². The zero-order chi connectivity index (χ0) is 20.3. The summed E-state index contributed by atoms with van der Waals surface area (Å²) in [5.41, 5.74) is 2.53. The van der Waals surface area contributed by atoms with E-state index in [1.165, 1.54) is 0 Å². The summed E-state index contributed by atoms with van der Waals surface area (Å²) in [6.45, 7) is 4.42. The van der Waals surface area contributed by atoms with Crippen molar-refractivity contribution in [2.24, 2.45) is 0 Å². The number of ether oxygens (including phenoxy) is 2. The van der Waals surface area contributed by atoms with Gasteiger partial charge in [-0.1, -0.05) is 24.3 Å². The molecule has 6 nitrogen and oxygen atoms in total. The highest BCUT2D eigenvalue weighted by atomic mass is 16.5. The number of carbonyl (C=O) groups is 1. The Morgan fingerprint density at radius 1 is 1.17 bits per heavy atom. The minimum absolute atomic E-state index is 0.0630. The summed E-state index contributed by atoms with van der Waals surface area (Å²) in [7, 11) is 1.65. The topological polar surface area (TPSA) is 65.4 Å². The Hall–Kier alpha value is -2.86. The first-order chi connectivity index (χ1) is 14.1. The molecule has 6 heteroatoms. The zero-order valence-electron chi connectivity index (χ0n) is 17.0. The smallest absolute Gasteiger partial charge is 0.230 e. The predicted octanol–water partition coefficient (Wildman–Crippen LogP) is 3.22. The molecule has 0 aliphatic carbocycles. The number of rotatable bonds is 6. The molecule has 2 aromatic carbocycles. The fraction of sp³-hybridized carbons (Fsp3) is 0.391. The van der Waals surface area contributed by atoms with Crippen molar-refractivity contribution in [1.29, 1.82) is 0 Å². The lowest BCUT2D eigenvalue weighted by molar-refractivity contribution is -0.130. The van der Waals surface area contributed by atoms with E-state index >= 15 is 0 Å². The summed E-state index contributed by atoms with van der Waals surface area (Å²) in [5, 5.41) is 3.18. The zero-order valence-corrected chi connectivity index (χ0v) is 17.0. The minimum Gasteiger partial charge on any atom is -0.497 e. The highest BCUT2D eigenvalue weighted by Gasteiger charge is 2.41. The van der Waals surface area contributed by atoms with Crippen LogP contribution >= 0.6 is 0 Å². The Balaban J connectivity index is 1.50. The van der Waals surface area contributed by atoms with Crippen LogP contribution in [0.3, 0.4) is 0 Å². The molecule has 4 rings (SSSR count). The Labute approximate surface area is 170 Å². The molecule has 1 fully saturated rings. The van der Waals surface area contributed by atoms with Crippen LogP contribution in [-0.2, 0) is 21.5 Å². The third kappa shape index (κ3) is 3.72. The number of imidazole rings is 1. The number of aryl methyl sites for hydroxylation is 1. The molecule has 1 aliphatic rings. The van der Waals surface area contributed by atoms with E-state index in [1.54, 1.807) is 7.11 Å². The first kappa shape index (κ1) is 19.5. The van der Waals surface area contributed by atoms with Crippen LogP contribution < -0.4 is 10.1 Å². The fourth-order valence-electron chi connectivity index (χ4n) is 4.21. The lowest BCUT2D eigenvalue weighted by Crippen LogP contribution is -2.48. The molecule has 1 amide bonds. The van der Waals surface area contributed by atoms with Crippen LogP contribution in [-0.4, -0.2) is 42.3 Å². The van der Waals surface area contributed by atoms with Gasteiger partial charge in [0.2, 0.25) is 5.91 Å². The quantitative estimate of drug-likeness (QED) is 0.698. The SMILES string of the molecule is COc1ccc(C2(C(=O)NCCn3c(C)nc4ccccc43)CCOCC2)cc1. The molecule has 29 heavy (non-hydrogen) atoms. The maximum Gasteiger partial charge on any atom is 0.230 e. The van der Waals surface area contributed by atoms with E-state index in [2.05, 4.69) is 20.9 Å². The van der Waals surface area contributed by atoms with Crippen LogP contribution in [0.15, 0.2) is 48.5 Å². The van der Waals surface area contributed by atoms with E-state index in [1.807, 2.05) is 49.4 Å². The van der Waals surface area contributed by atoms with Crippen molar-refractivity contribution in [3.05, 3.63) is 59.9 Å². The number of hydrogen-bond acceptors (Lipinski definition) is 4. The molecule has 0 spiro atoms. The number of benzene rings is 2. The van der Waals surface area contributed by atoms with E-state index in [0.717, 1.165) is 28.2 Å². The summed E-state index contributed by atoms with van der Waals surface area (Å²) < 4.78 is 13.0. The highest BCUT2D eigenvalue weighted by Crippen LogP contribution is 2.36. The lowest BCUT2D eigenvalue weighted by atomic mass is 9.73. The Bertz CT molecular complexity index is 988. The second kappa shape index (κ2) is 8.25. The molecule has 1 saturated heterocycles. The van der Waals surface area contributed by atoms with Gasteiger partial charge in [-0.2, -0.15) is 0 Å². The van der Waals surface area contributed by atoms with Gasteiger partial charge in [0.25, 0.3) is 0 Å². The summed E-state index contributed by atoms with van der Waals surface area (Å²) >= 11 is 0. The van der Waals surface area contributed by atoms with E-state index in [-0.39, 0.29) is 5.91 Å². The average molecular weight is 393 g/mol. The number of para-hydroxylation sites is 2. The van der Waals surface area contributed by atoms with Gasteiger partial charge in [-0.25, -0.2) is 4.98 Å². The van der Waals surface area contributed by atoms with E-state index < -0.39 is 5.41 Å². The van der Waals surface area contributed by atoms with Crippen LogP contribution in [0.4, 0.5) is 0 Å². The Morgan fingerprint density at radius 2 is 1.90 bits per heavy atom. The number of hydrogen-bond donors (Lipinski definition) is 1. The van der Waals surface area contributed by atoms with Crippen molar-refractivity contribution in [3.8, 4) is 5.75 Å². The molecule has 0 unspecified atom stereocenters. The van der Waals surface area contributed by atoms with Crippen LogP contribution in [0.5, 0.6) is 5.75 Å². The van der Waals surface area contributed by atoms with Crippen molar-refractivity contribution < 1.29 is 14.3 Å². The molecule has 1 N–H and O–H groups in total. The Morgan fingerprint density at radius 3 is 2.62 bits per heavy atom. The number of methoxy groups -OCH3 is 1. The minimum atomic E-state index is -0.559. The number of amides is 1. The first-order valence-electron chi connectivity index (χ1n) is 10.1. The Kier molecular flexibility index (Phi) is 5.53. The molecular formula is C23H27N3O3. The molecular weight excluding hydrogens is 366 g/mol. The first-order valence-corrected chi connectivity index (χ1v) is 10.1. The summed E-state index contributed by atoms with van der Waals surface area (Å²) in [5.74, 6) is 1.81. The van der Waals surface area contributed by atoms with Gasteiger partial charge < -0.3 is 19.4 Å². The molecule has 152 valence electrons. The van der Waals surface area contributed by atoms with E-state index in [0.29, 0.717) is 39.1 Å². The molecule has 1 aromatic heterocycles. The van der Waals surface area contributed by atoms with Gasteiger partial charge >= 0.3 is 0 Å². The second-order valence-electron chi connectivity index (χ2n) is 7.48. The molecule has 0 bridgehead atoms. The maximum absolute atomic E-state index is 13.3. The summed E-state index contributed by atoms with van der Waals surface area (Å²) in [6.07, 6.45) is 1.36. The molecule has 0 atom stereocenters. The standard InChI is InChI=1S/C23H27N3O3/c1-17-25-20-5-3-4-6-21(20)26(17)14-13-24-22(27)23(11-15-29-16-12-23)18-7-9-19(28-2)10-8-18/h3-10H,11-16H2,1-2H3,(H,24,27). The van der Waals surface area contributed by atoms with Crippen LogP contribution in [0, 0.1) is 6.92 Å². The van der Waals surface area contributed by atoms with E-state index in [4.69, 9.17) is 9.47 Å². The fourth-order valence-corrected chi connectivity index (χ4v) is 4.21. The van der Waals surface area contributed by atoms with Crippen molar-refractivity contribution in [2.45, 2.75) is 31.7 Å².